The van der Waals surface area contributed by atoms with Gasteiger partial charge in [-0.2, -0.15) is 0 Å². The lowest BCUT2D eigenvalue weighted by Crippen LogP contribution is -2.15. The average Bonchev–Trinajstić information content (AvgIpc) is 1.48. The minimum Gasteiger partial charge on any atom is -0.0622 e. The first kappa shape index (κ1) is 84.4. The first-order valence-corrected chi connectivity index (χ1v) is 50.3. The van der Waals surface area contributed by atoms with Crippen molar-refractivity contribution in [1.29, 1.82) is 0 Å². The maximum Gasteiger partial charge on any atom is 0.0159 e. The summed E-state index contributed by atoms with van der Waals surface area (Å²) in [4.78, 5) is 0. The van der Waals surface area contributed by atoms with Gasteiger partial charge in [0.05, 0.1) is 0 Å². The van der Waals surface area contributed by atoms with Crippen LogP contribution in [0.15, 0.2) is 473 Å². The van der Waals surface area contributed by atoms with Gasteiger partial charge in [-0.05, 0) is 377 Å². The van der Waals surface area contributed by atoms with Crippen LogP contribution in [0.2, 0.25) is 0 Å². The maximum absolute atomic E-state index is 2.50. The second kappa shape index (κ2) is 32.4. The van der Waals surface area contributed by atoms with Crippen molar-refractivity contribution >= 4 is 108 Å². The van der Waals surface area contributed by atoms with E-state index in [0.717, 1.165) is 0 Å². The Morgan fingerprint density at radius 3 is 0.937 bits per heavy atom. The summed E-state index contributed by atoms with van der Waals surface area (Å²) in [6, 6.07) is 177. The Morgan fingerprint density at radius 1 is 0.113 bits per heavy atom. The highest BCUT2D eigenvalue weighted by Crippen LogP contribution is 2.59. The van der Waals surface area contributed by atoms with Gasteiger partial charge in [-0.3, -0.25) is 0 Å². The molecule has 0 spiro atoms. The van der Waals surface area contributed by atoms with Gasteiger partial charge in [0.2, 0.25) is 0 Å². The molecule has 0 saturated heterocycles. The molecule has 4 aliphatic carbocycles. The molecule has 0 bridgehead atoms. The molecule has 0 fully saturated rings. The van der Waals surface area contributed by atoms with Gasteiger partial charge in [0.1, 0.15) is 0 Å². The van der Waals surface area contributed by atoms with E-state index in [4.69, 9.17) is 0 Å². The van der Waals surface area contributed by atoms with E-state index < -0.39 is 0 Å². The molecule has 0 aromatic heterocycles. The fourth-order valence-electron chi connectivity index (χ4n) is 25.3. The van der Waals surface area contributed by atoms with Crippen LogP contribution in [0.25, 0.3) is 241 Å². The standard InChI is InChI=1S/C58H42.C45H32.C39H28/c1-57(2)52-23-13-11-19-44(52)46-27-25-35(32-54(46)57)37-29-38(36-26-28-47-45-20-12-14-24-53(45)58(3,4)55(47)33-36)31-39(30-37)50-34-51-42-17-6-5-15-40(42)41-16-7-9-21-48(41)56(51)49-22-10-8-18-43(49)50;1-45(2)42-19-11-10-18-39(42)44-38-17-9-8-16-37(38)41(28-43(44)45)40-27-35(26-33-14-6-7-15-36(33)40)32-23-21-30-20-22-31(24-34(30)25-32)29-12-4-3-5-13-29;1-39(2)36-14-8-7-13-34(36)38-33-12-6-5-11-32(33)35(24-37(38)39)31-20-19-29-22-28(17-18-30(29)23-31)27-16-15-25-9-3-4-10-26(25)21-27/h5-34H,1-4H3;3-28H,1-2H3;3-24H,1-2H3. The van der Waals surface area contributed by atoms with Crippen LogP contribution in [0.1, 0.15) is 99.9 Å². The summed E-state index contributed by atoms with van der Waals surface area (Å²) in [5.74, 6) is 0. The Bertz CT molecular complexity index is 9530. The molecule has 0 unspecified atom stereocenters. The highest BCUT2D eigenvalue weighted by atomic mass is 14.4. The Morgan fingerprint density at radius 2 is 0.401 bits per heavy atom. The normalized spacial score (nSPS) is 13.9. The highest BCUT2D eigenvalue weighted by Gasteiger charge is 2.41. The molecule has 0 N–H and O–H groups in total. The Labute approximate surface area is 829 Å². The number of fused-ring (bicyclic) bond motifs is 28. The third kappa shape index (κ3) is 13.3. The van der Waals surface area contributed by atoms with Gasteiger partial charge in [0, 0.05) is 21.7 Å². The molecule has 0 amide bonds. The zero-order valence-corrected chi connectivity index (χ0v) is 81.0. The minimum atomic E-state index is -0.0820. The van der Waals surface area contributed by atoms with E-state index in [2.05, 4.69) is 529 Å². The van der Waals surface area contributed by atoms with E-state index in [0.29, 0.717) is 0 Å². The lowest BCUT2D eigenvalue weighted by molar-refractivity contribution is 0.660. The molecule has 25 aromatic rings. The summed E-state index contributed by atoms with van der Waals surface area (Å²) in [6.45, 7) is 19.0. The number of rotatable bonds is 8. The highest BCUT2D eigenvalue weighted by molar-refractivity contribution is 6.33. The first-order chi connectivity index (χ1) is 69.4. The van der Waals surface area contributed by atoms with E-state index in [1.165, 1.54) is 286 Å². The van der Waals surface area contributed by atoms with Gasteiger partial charge in [-0.25, -0.2) is 0 Å². The molecule has 0 saturated carbocycles. The third-order valence-corrected chi connectivity index (χ3v) is 32.7. The summed E-state index contributed by atoms with van der Waals surface area (Å²) in [5, 5.41) is 25.8. The van der Waals surface area contributed by atoms with Crippen molar-refractivity contribution in [3.8, 4) is 134 Å². The molecule has 0 heteroatoms. The van der Waals surface area contributed by atoms with Gasteiger partial charge in [0.15, 0.2) is 0 Å². The van der Waals surface area contributed by atoms with Crippen LogP contribution < -0.4 is 0 Å². The fourth-order valence-corrected chi connectivity index (χ4v) is 25.3. The van der Waals surface area contributed by atoms with Crippen molar-refractivity contribution in [1.82, 2.24) is 0 Å². The Balaban J connectivity index is 0.000000109. The first-order valence-electron chi connectivity index (χ1n) is 50.3. The van der Waals surface area contributed by atoms with Gasteiger partial charge in [-0.1, -0.05) is 438 Å². The van der Waals surface area contributed by atoms with Crippen LogP contribution >= 0.6 is 0 Å². The Kier molecular flexibility index (Phi) is 19.2. The molecule has 0 nitrogen and oxygen atoms in total. The van der Waals surface area contributed by atoms with Crippen LogP contribution in [0.3, 0.4) is 0 Å². The molecule has 670 valence electrons. The lowest BCUT2D eigenvalue weighted by atomic mass is 9.80. The predicted octanol–water partition coefficient (Wildman–Crippen LogP) is 39.2. The smallest absolute Gasteiger partial charge is 0.0159 e. The average molecular weight is 1810 g/mol. The van der Waals surface area contributed by atoms with Crippen molar-refractivity contribution in [3.63, 3.8) is 0 Å². The van der Waals surface area contributed by atoms with Crippen molar-refractivity contribution in [2.24, 2.45) is 0 Å². The topological polar surface area (TPSA) is 0 Å². The largest absolute Gasteiger partial charge is 0.0622 e. The third-order valence-electron chi connectivity index (χ3n) is 32.7. The van der Waals surface area contributed by atoms with Gasteiger partial charge in [0.25, 0.3) is 0 Å². The van der Waals surface area contributed by atoms with E-state index in [1.54, 1.807) is 0 Å². The van der Waals surface area contributed by atoms with Crippen molar-refractivity contribution in [3.05, 3.63) is 518 Å². The van der Waals surface area contributed by atoms with Gasteiger partial charge in [-0.15, -0.1) is 0 Å². The molecular weight excluding hydrogens is 1710 g/mol. The summed E-state index contributed by atoms with van der Waals surface area (Å²) in [5.41, 5.74) is 42.0. The zero-order chi connectivity index (χ0) is 95.2. The molecule has 0 radical (unpaired) electrons. The lowest BCUT2D eigenvalue weighted by Gasteiger charge is -2.23. The number of hydrogen-bond donors (Lipinski definition) is 0. The van der Waals surface area contributed by atoms with E-state index in [1.807, 2.05) is 0 Å². The van der Waals surface area contributed by atoms with Crippen LogP contribution in [0.5, 0.6) is 0 Å². The summed E-state index contributed by atoms with van der Waals surface area (Å²) in [7, 11) is 0. The molecule has 25 aromatic carbocycles. The molecule has 142 heavy (non-hydrogen) atoms. The maximum atomic E-state index is 2.50. The second-order valence-electron chi connectivity index (χ2n) is 42.0. The monoisotopic (exact) mass is 1810 g/mol. The van der Waals surface area contributed by atoms with E-state index >= 15 is 0 Å². The number of hydrogen-bond acceptors (Lipinski definition) is 0. The quantitative estimate of drug-likeness (QED) is 0.133. The second-order valence-corrected chi connectivity index (χ2v) is 42.0. The van der Waals surface area contributed by atoms with E-state index in [-0.39, 0.29) is 21.7 Å². The van der Waals surface area contributed by atoms with Gasteiger partial charge < -0.3 is 0 Å². The molecule has 0 heterocycles. The van der Waals surface area contributed by atoms with Gasteiger partial charge >= 0.3 is 0 Å². The van der Waals surface area contributed by atoms with Crippen molar-refractivity contribution in [2.45, 2.75) is 77.0 Å². The molecule has 0 aliphatic heterocycles. The van der Waals surface area contributed by atoms with E-state index in [9.17, 15) is 0 Å². The molecule has 29 rings (SSSR count). The SMILES string of the molecule is CC1(C)c2ccccc2-c2c1cc(-c1cc(-c3ccc4ccc(-c5ccccc5)cc4c3)cc3ccccc13)c1ccccc21.CC1(C)c2ccccc2-c2c1cc(-c1ccc3cc(-c4ccc5ccccc5c4)ccc3c1)c1ccccc21.CC1(C)c2ccccc2-c2ccc(-c3cc(-c4ccc5c(c4)C(C)(C)c4ccccc4-5)cc(-c4cc5c6ccccc6c6ccccc6c5c5ccccc45)c3)cc21. The molecule has 4 aliphatic rings. The van der Waals surface area contributed by atoms with Crippen LogP contribution in [-0.2, 0) is 21.7 Å². The number of benzene rings is 25. The predicted molar refractivity (Wildman–Crippen MR) is 608 cm³/mol. The zero-order valence-electron chi connectivity index (χ0n) is 81.0. The summed E-state index contributed by atoms with van der Waals surface area (Å²) in [6.07, 6.45) is 0. The summed E-state index contributed by atoms with van der Waals surface area (Å²) >= 11 is 0. The fraction of sp³-hybridized carbons (Fsp3) is 0.0845. The van der Waals surface area contributed by atoms with Crippen LogP contribution in [0.4, 0.5) is 0 Å². The van der Waals surface area contributed by atoms with Crippen LogP contribution in [-0.4, -0.2) is 0 Å². The van der Waals surface area contributed by atoms with Crippen molar-refractivity contribution in [2.75, 3.05) is 0 Å². The summed E-state index contributed by atoms with van der Waals surface area (Å²) < 4.78 is 0. The molecular formula is C142H102. The minimum absolute atomic E-state index is 0.0314. The molecule has 0 atom stereocenters. The Hall–Kier alpha value is -16.9. The van der Waals surface area contributed by atoms with Crippen LogP contribution in [0, 0.1) is 0 Å². The van der Waals surface area contributed by atoms with Crippen molar-refractivity contribution < 1.29 is 0 Å².